The average molecular weight is 276 g/mol. The standard InChI is InChI=1S/C13H19F3N2O/c1-9(19-2)8-18-12(7-17)10-3-5-11(6-4-10)13(14,15)16/h3-6,9,12,18H,7-8,17H2,1-2H3. The molecule has 0 heterocycles. The molecule has 6 heteroatoms. The zero-order valence-electron chi connectivity index (χ0n) is 11.0. The van der Waals surface area contributed by atoms with E-state index in [0.29, 0.717) is 13.1 Å². The molecule has 2 atom stereocenters. The smallest absolute Gasteiger partial charge is 0.380 e. The van der Waals surface area contributed by atoms with E-state index in [4.69, 9.17) is 10.5 Å². The Morgan fingerprint density at radius 1 is 1.26 bits per heavy atom. The van der Waals surface area contributed by atoms with Gasteiger partial charge in [-0.3, -0.25) is 0 Å². The molecule has 0 saturated heterocycles. The van der Waals surface area contributed by atoms with Crippen molar-refractivity contribution in [2.45, 2.75) is 25.2 Å². The molecule has 1 aromatic carbocycles. The van der Waals surface area contributed by atoms with Crippen LogP contribution in [-0.2, 0) is 10.9 Å². The number of hydrogen-bond donors (Lipinski definition) is 2. The maximum absolute atomic E-state index is 12.4. The van der Waals surface area contributed by atoms with Crippen molar-refractivity contribution >= 4 is 0 Å². The first-order valence-corrected chi connectivity index (χ1v) is 6.02. The molecule has 0 aliphatic carbocycles. The summed E-state index contributed by atoms with van der Waals surface area (Å²) in [6, 6.07) is 4.86. The molecule has 0 aromatic heterocycles. The van der Waals surface area contributed by atoms with E-state index in [9.17, 15) is 13.2 Å². The largest absolute Gasteiger partial charge is 0.416 e. The number of hydrogen-bond acceptors (Lipinski definition) is 3. The van der Waals surface area contributed by atoms with Crippen molar-refractivity contribution in [2.75, 3.05) is 20.2 Å². The van der Waals surface area contributed by atoms with Gasteiger partial charge in [-0.25, -0.2) is 0 Å². The molecule has 0 fully saturated rings. The molecule has 1 aromatic rings. The fraction of sp³-hybridized carbons (Fsp3) is 0.538. The van der Waals surface area contributed by atoms with E-state index in [1.165, 1.54) is 12.1 Å². The summed E-state index contributed by atoms with van der Waals surface area (Å²) < 4.78 is 42.4. The molecule has 3 N–H and O–H groups in total. The predicted octanol–water partition coefficient (Wildman–Crippen LogP) is 2.33. The zero-order chi connectivity index (χ0) is 14.5. The molecule has 0 aliphatic rings. The van der Waals surface area contributed by atoms with E-state index in [2.05, 4.69) is 5.32 Å². The normalized spacial score (nSPS) is 15.3. The molecule has 0 spiro atoms. The molecule has 108 valence electrons. The fourth-order valence-electron chi connectivity index (χ4n) is 1.63. The first kappa shape index (κ1) is 15.9. The first-order chi connectivity index (χ1) is 8.88. The number of rotatable bonds is 6. The lowest BCUT2D eigenvalue weighted by Gasteiger charge is -2.20. The Hall–Kier alpha value is -1.11. The molecule has 0 saturated carbocycles. The number of halogens is 3. The van der Waals surface area contributed by atoms with Gasteiger partial charge in [-0.15, -0.1) is 0 Å². The highest BCUT2D eigenvalue weighted by molar-refractivity contribution is 5.27. The Morgan fingerprint density at radius 2 is 1.84 bits per heavy atom. The van der Waals surface area contributed by atoms with Gasteiger partial charge >= 0.3 is 6.18 Å². The number of nitrogens with two attached hydrogens (primary N) is 1. The summed E-state index contributed by atoms with van der Waals surface area (Å²) in [7, 11) is 1.60. The monoisotopic (exact) mass is 276 g/mol. The Labute approximate surface area is 110 Å². The predicted molar refractivity (Wildman–Crippen MR) is 67.7 cm³/mol. The van der Waals surface area contributed by atoms with Crippen LogP contribution in [0.2, 0.25) is 0 Å². The van der Waals surface area contributed by atoms with Crippen LogP contribution >= 0.6 is 0 Å². The number of benzene rings is 1. The maximum atomic E-state index is 12.4. The molecule has 0 amide bonds. The SMILES string of the molecule is COC(C)CNC(CN)c1ccc(C(F)(F)F)cc1. The molecule has 0 bridgehead atoms. The van der Waals surface area contributed by atoms with Gasteiger partial charge in [0.2, 0.25) is 0 Å². The Morgan fingerprint density at radius 3 is 2.26 bits per heavy atom. The quantitative estimate of drug-likeness (QED) is 0.838. The summed E-state index contributed by atoms with van der Waals surface area (Å²) in [5.74, 6) is 0. The van der Waals surface area contributed by atoms with Crippen molar-refractivity contribution in [3.63, 3.8) is 0 Å². The second-order valence-electron chi connectivity index (χ2n) is 4.36. The molecule has 0 radical (unpaired) electrons. The lowest BCUT2D eigenvalue weighted by Crippen LogP contribution is -2.34. The van der Waals surface area contributed by atoms with E-state index in [1.54, 1.807) is 7.11 Å². The second-order valence-corrected chi connectivity index (χ2v) is 4.36. The topological polar surface area (TPSA) is 47.3 Å². The summed E-state index contributed by atoms with van der Waals surface area (Å²) in [6.45, 7) is 2.79. The van der Waals surface area contributed by atoms with Crippen molar-refractivity contribution in [3.05, 3.63) is 35.4 Å². The minimum Gasteiger partial charge on any atom is -0.380 e. The third-order valence-electron chi connectivity index (χ3n) is 2.93. The van der Waals surface area contributed by atoms with Gasteiger partial charge < -0.3 is 15.8 Å². The number of nitrogens with one attached hydrogen (secondary N) is 1. The van der Waals surface area contributed by atoms with Gasteiger partial charge in [0.05, 0.1) is 11.7 Å². The summed E-state index contributed by atoms with van der Waals surface area (Å²) in [5.41, 5.74) is 5.71. The van der Waals surface area contributed by atoms with E-state index < -0.39 is 11.7 Å². The van der Waals surface area contributed by atoms with Crippen molar-refractivity contribution in [2.24, 2.45) is 5.73 Å². The Balaban J connectivity index is 2.71. The summed E-state index contributed by atoms with van der Waals surface area (Å²) >= 11 is 0. The van der Waals surface area contributed by atoms with Crippen LogP contribution in [0.4, 0.5) is 13.2 Å². The highest BCUT2D eigenvalue weighted by Crippen LogP contribution is 2.29. The molecule has 19 heavy (non-hydrogen) atoms. The number of ether oxygens (including phenoxy) is 1. The van der Waals surface area contributed by atoms with Crippen LogP contribution in [0.5, 0.6) is 0 Å². The van der Waals surface area contributed by atoms with Crippen molar-refractivity contribution in [1.82, 2.24) is 5.32 Å². The molecule has 2 unspecified atom stereocenters. The Bertz CT molecular complexity index is 378. The fourth-order valence-corrected chi connectivity index (χ4v) is 1.63. The van der Waals surface area contributed by atoms with Gasteiger partial charge in [-0.2, -0.15) is 13.2 Å². The second kappa shape index (κ2) is 6.88. The van der Waals surface area contributed by atoms with Gasteiger partial charge in [-0.05, 0) is 24.6 Å². The van der Waals surface area contributed by atoms with Gasteiger partial charge in [0.1, 0.15) is 0 Å². The maximum Gasteiger partial charge on any atom is 0.416 e. The van der Waals surface area contributed by atoms with Gasteiger partial charge in [0.25, 0.3) is 0 Å². The lowest BCUT2D eigenvalue weighted by atomic mass is 10.0. The van der Waals surface area contributed by atoms with E-state index in [0.717, 1.165) is 17.7 Å². The van der Waals surface area contributed by atoms with E-state index >= 15 is 0 Å². The van der Waals surface area contributed by atoms with Crippen LogP contribution in [0.25, 0.3) is 0 Å². The van der Waals surface area contributed by atoms with E-state index in [1.807, 2.05) is 6.92 Å². The first-order valence-electron chi connectivity index (χ1n) is 6.02. The van der Waals surface area contributed by atoms with Crippen LogP contribution in [0.15, 0.2) is 24.3 Å². The van der Waals surface area contributed by atoms with Crippen LogP contribution in [0.1, 0.15) is 24.1 Å². The lowest BCUT2D eigenvalue weighted by molar-refractivity contribution is -0.137. The van der Waals surface area contributed by atoms with Gasteiger partial charge in [0.15, 0.2) is 0 Å². The Kier molecular flexibility index (Phi) is 5.78. The van der Waals surface area contributed by atoms with Crippen LogP contribution in [-0.4, -0.2) is 26.3 Å². The number of methoxy groups -OCH3 is 1. The summed E-state index contributed by atoms with van der Waals surface area (Å²) in [6.07, 6.45) is -4.29. The molecular formula is C13H19F3N2O. The van der Waals surface area contributed by atoms with Crippen molar-refractivity contribution in [1.29, 1.82) is 0 Å². The molecule has 1 rings (SSSR count). The minimum absolute atomic E-state index is 0.0171. The third-order valence-corrected chi connectivity index (χ3v) is 2.93. The summed E-state index contributed by atoms with van der Waals surface area (Å²) in [5, 5.41) is 3.16. The number of alkyl halides is 3. The third kappa shape index (κ3) is 4.81. The van der Waals surface area contributed by atoms with Crippen LogP contribution in [0.3, 0.4) is 0 Å². The molecule has 3 nitrogen and oxygen atoms in total. The average Bonchev–Trinajstić information content (AvgIpc) is 2.38. The minimum atomic E-state index is -4.31. The van der Waals surface area contributed by atoms with Crippen LogP contribution < -0.4 is 11.1 Å². The zero-order valence-corrected chi connectivity index (χ0v) is 11.0. The summed E-state index contributed by atoms with van der Waals surface area (Å²) in [4.78, 5) is 0. The van der Waals surface area contributed by atoms with Crippen molar-refractivity contribution in [3.8, 4) is 0 Å². The highest BCUT2D eigenvalue weighted by Gasteiger charge is 2.30. The van der Waals surface area contributed by atoms with Gasteiger partial charge in [0, 0.05) is 26.2 Å². The van der Waals surface area contributed by atoms with E-state index in [-0.39, 0.29) is 12.1 Å². The molecule has 0 aliphatic heterocycles. The molecular weight excluding hydrogens is 257 g/mol. The van der Waals surface area contributed by atoms with Crippen molar-refractivity contribution < 1.29 is 17.9 Å². The highest BCUT2D eigenvalue weighted by atomic mass is 19.4. The van der Waals surface area contributed by atoms with Gasteiger partial charge in [-0.1, -0.05) is 12.1 Å². The van der Waals surface area contributed by atoms with Crippen LogP contribution in [0, 0.1) is 0 Å².